The van der Waals surface area contributed by atoms with Gasteiger partial charge in [-0.3, -0.25) is 14.7 Å². The summed E-state index contributed by atoms with van der Waals surface area (Å²) >= 11 is 0. The van der Waals surface area contributed by atoms with Gasteiger partial charge in [0.1, 0.15) is 0 Å². The predicted molar refractivity (Wildman–Crippen MR) is 64.2 cm³/mol. The molecule has 1 atom stereocenters. The number of nitrogens with one attached hydrogen (secondary N) is 1. The first-order valence-corrected chi connectivity index (χ1v) is 6.04. The lowest BCUT2D eigenvalue weighted by atomic mass is 10.1. The van der Waals surface area contributed by atoms with Crippen LogP contribution in [0, 0.1) is 0 Å². The van der Waals surface area contributed by atoms with E-state index < -0.39 is 0 Å². The number of aryl methyl sites for hydroxylation is 1. The lowest BCUT2D eigenvalue weighted by Gasteiger charge is -2.22. The molecule has 1 aliphatic heterocycles. The molecule has 5 nitrogen and oxygen atoms in total. The molecule has 0 spiro atoms. The smallest absolute Gasteiger partial charge is 0.0534 e. The highest BCUT2D eigenvalue weighted by molar-refractivity contribution is 5.10. The normalized spacial score (nSPS) is 21.1. The first kappa shape index (κ1) is 10.5. The quantitative estimate of drug-likeness (QED) is 0.870. The van der Waals surface area contributed by atoms with E-state index in [1.165, 1.54) is 24.1 Å². The number of rotatable bonds is 3. The van der Waals surface area contributed by atoms with Gasteiger partial charge in [-0.05, 0) is 25.5 Å². The Morgan fingerprint density at radius 1 is 1.53 bits per heavy atom. The summed E-state index contributed by atoms with van der Waals surface area (Å²) in [5.41, 5.74) is 2.50. The summed E-state index contributed by atoms with van der Waals surface area (Å²) in [7, 11) is 1.96. The van der Waals surface area contributed by atoms with Crippen molar-refractivity contribution in [2.24, 2.45) is 7.05 Å². The van der Waals surface area contributed by atoms with E-state index in [1.807, 2.05) is 24.1 Å². The Balaban J connectivity index is 1.74. The van der Waals surface area contributed by atoms with Crippen molar-refractivity contribution in [3.63, 3.8) is 0 Å². The van der Waals surface area contributed by atoms with Gasteiger partial charge < -0.3 is 0 Å². The minimum Gasteiger partial charge on any atom is -0.290 e. The van der Waals surface area contributed by atoms with E-state index >= 15 is 0 Å². The SMILES string of the molecule is Cn1cc(CN2CCC[C@H]2c2ccn[nH]2)cn1. The molecule has 0 radical (unpaired) electrons. The highest BCUT2D eigenvalue weighted by atomic mass is 15.3. The topological polar surface area (TPSA) is 49.7 Å². The predicted octanol–water partition coefficient (Wildman–Crippen LogP) is 1.48. The van der Waals surface area contributed by atoms with Gasteiger partial charge in [0.05, 0.1) is 17.9 Å². The molecule has 0 aliphatic carbocycles. The van der Waals surface area contributed by atoms with Gasteiger partial charge in [0.15, 0.2) is 0 Å². The minimum atomic E-state index is 0.484. The summed E-state index contributed by atoms with van der Waals surface area (Å²) in [6.45, 7) is 2.12. The van der Waals surface area contributed by atoms with E-state index in [4.69, 9.17) is 0 Å². The van der Waals surface area contributed by atoms with Crippen LogP contribution in [-0.2, 0) is 13.6 Å². The molecule has 3 rings (SSSR count). The molecule has 0 aromatic carbocycles. The maximum Gasteiger partial charge on any atom is 0.0534 e. The van der Waals surface area contributed by atoms with Crippen LogP contribution in [0.25, 0.3) is 0 Å². The number of hydrogen-bond donors (Lipinski definition) is 1. The summed E-state index contributed by atoms with van der Waals surface area (Å²) < 4.78 is 1.86. The van der Waals surface area contributed by atoms with Gasteiger partial charge in [0, 0.05) is 31.5 Å². The highest BCUT2D eigenvalue weighted by Gasteiger charge is 2.26. The molecule has 0 unspecified atom stereocenters. The molecule has 1 fully saturated rings. The summed E-state index contributed by atoms with van der Waals surface area (Å²) in [4.78, 5) is 2.49. The molecular formula is C12H17N5. The summed E-state index contributed by atoms with van der Waals surface area (Å²) in [6, 6.07) is 2.56. The minimum absolute atomic E-state index is 0.484. The molecule has 1 N–H and O–H groups in total. The molecule has 17 heavy (non-hydrogen) atoms. The Morgan fingerprint density at radius 2 is 2.47 bits per heavy atom. The van der Waals surface area contributed by atoms with Crippen molar-refractivity contribution in [3.05, 3.63) is 35.9 Å². The molecule has 2 aromatic rings. The van der Waals surface area contributed by atoms with E-state index in [1.54, 1.807) is 0 Å². The zero-order chi connectivity index (χ0) is 11.7. The van der Waals surface area contributed by atoms with Gasteiger partial charge in [-0.2, -0.15) is 10.2 Å². The van der Waals surface area contributed by atoms with Crippen LogP contribution in [0.3, 0.4) is 0 Å². The Kier molecular flexibility index (Phi) is 2.68. The summed E-state index contributed by atoms with van der Waals surface area (Å²) in [5, 5.41) is 11.3. The maximum atomic E-state index is 4.22. The molecular weight excluding hydrogens is 214 g/mol. The number of aromatic amines is 1. The van der Waals surface area contributed by atoms with E-state index in [2.05, 4.69) is 32.5 Å². The van der Waals surface area contributed by atoms with Gasteiger partial charge in [-0.1, -0.05) is 0 Å². The lowest BCUT2D eigenvalue weighted by Crippen LogP contribution is -2.22. The van der Waals surface area contributed by atoms with Gasteiger partial charge in [0.25, 0.3) is 0 Å². The molecule has 2 aromatic heterocycles. The zero-order valence-corrected chi connectivity index (χ0v) is 10.0. The Bertz CT molecular complexity index is 473. The molecule has 1 saturated heterocycles. The largest absolute Gasteiger partial charge is 0.290 e. The fraction of sp³-hybridized carbons (Fsp3) is 0.500. The molecule has 0 amide bonds. The van der Waals surface area contributed by atoms with Crippen molar-refractivity contribution in [3.8, 4) is 0 Å². The van der Waals surface area contributed by atoms with Crippen LogP contribution in [0.15, 0.2) is 24.7 Å². The second-order valence-corrected chi connectivity index (χ2v) is 4.66. The zero-order valence-electron chi connectivity index (χ0n) is 10.0. The van der Waals surface area contributed by atoms with Gasteiger partial charge in [0.2, 0.25) is 0 Å². The fourth-order valence-corrected chi connectivity index (χ4v) is 2.61. The van der Waals surface area contributed by atoms with Crippen molar-refractivity contribution >= 4 is 0 Å². The standard InChI is InChI=1S/C12H17N5/c1-16-8-10(7-14-16)9-17-6-2-3-12(17)11-4-5-13-15-11/h4-5,7-8,12H,2-3,6,9H2,1H3,(H,13,15)/t12-/m0/s1. The van der Waals surface area contributed by atoms with Crippen LogP contribution < -0.4 is 0 Å². The second kappa shape index (κ2) is 4.33. The van der Waals surface area contributed by atoms with Crippen LogP contribution in [0.5, 0.6) is 0 Å². The van der Waals surface area contributed by atoms with Crippen molar-refractivity contribution in [1.82, 2.24) is 24.9 Å². The third-order valence-corrected chi connectivity index (χ3v) is 3.39. The highest BCUT2D eigenvalue weighted by Crippen LogP contribution is 2.31. The van der Waals surface area contributed by atoms with Crippen molar-refractivity contribution in [2.75, 3.05) is 6.54 Å². The number of aromatic nitrogens is 4. The lowest BCUT2D eigenvalue weighted by molar-refractivity contribution is 0.244. The van der Waals surface area contributed by atoms with Crippen molar-refractivity contribution in [2.45, 2.75) is 25.4 Å². The van der Waals surface area contributed by atoms with Gasteiger partial charge in [-0.15, -0.1) is 0 Å². The molecule has 0 bridgehead atoms. The average Bonchev–Trinajstić information content (AvgIpc) is 3.00. The maximum absolute atomic E-state index is 4.22. The van der Waals surface area contributed by atoms with E-state index in [9.17, 15) is 0 Å². The van der Waals surface area contributed by atoms with Crippen LogP contribution in [0.4, 0.5) is 0 Å². The summed E-state index contributed by atoms with van der Waals surface area (Å²) in [5.74, 6) is 0. The van der Waals surface area contributed by atoms with Gasteiger partial charge >= 0.3 is 0 Å². The molecule has 90 valence electrons. The monoisotopic (exact) mass is 231 g/mol. The van der Waals surface area contributed by atoms with E-state index in [0.717, 1.165) is 13.1 Å². The van der Waals surface area contributed by atoms with Crippen molar-refractivity contribution in [1.29, 1.82) is 0 Å². The van der Waals surface area contributed by atoms with Gasteiger partial charge in [-0.25, -0.2) is 0 Å². The second-order valence-electron chi connectivity index (χ2n) is 4.66. The number of H-pyrrole nitrogens is 1. The first-order valence-electron chi connectivity index (χ1n) is 6.04. The third-order valence-electron chi connectivity index (χ3n) is 3.39. The molecule has 0 saturated carbocycles. The number of nitrogens with zero attached hydrogens (tertiary/aromatic N) is 4. The van der Waals surface area contributed by atoms with Crippen LogP contribution in [0.1, 0.15) is 30.1 Å². The van der Waals surface area contributed by atoms with Crippen molar-refractivity contribution < 1.29 is 0 Å². The Morgan fingerprint density at radius 3 is 3.18 bits per heavy atom. The van der Waals surface area contributed by atoms with E-state index in [0.29, 0.717) is 6.04 Å². The Labute approximate surface area is 100 Å². The third kappa shape index (κ3) is 2.10. The average molecular weight is 231 g/mol. The van der Waals surface area contributed by atoms with Crippen LogP contribution in [-0.4, -0.2) is 31.4 Å². The number of likely N-dealkylation sites (tertiary alicyclic amines) is 1. The molecule has 1 aliphatic rings. The molecule has 5 heteroatoms. The molecule has 3 heterocycles. The number of hydrogen-bond acceptors (Lipinski definition) is 3. The fourth-order valence-electron chi connectivity index (χ4n) is 2.61. The Hall–Kier alpha value is -1.62. The van der Waals surface area contributed by atoms with Crippen LogP contribution >= 0.6 is 0 Å². The van der Waals surface area contributed by atoms with E-state index in [-0.39, 0.29) is 0 Å². The van der Waals surface area contributed by atoms with Crippen LogP contribution in [0.2, 0.25) is 0 Å². The summed E-state index contributed by atoms with van der Waals surface area (Å²) in [6.07, 6.45) is 8.33. The first-order chi connectivity index (χ1) is 8.33.